The monoisotopic (exact) mass is 799 g/mol. The SMILES string of the molecule is N#Cc1c(-c2ccc3ccccc3c2)c(C#N)c(-n2c3ccccc3c3ccccc32)c(-n2c3ccccc3c3cc4ccccc4cc32)c1-n1c2ccccc2c2ccccc21. The number of rotatable bonds is 4. The summed E-state index contributed by atoms with van der Waals surface area (Å²) in [7, 11) is 0. The Morgan fingerprint density at radius 1 is 0.286 bits per heavy atom. The quantitative estimate of drug-likeness (QED) is 0.178. The van der Waals surface area contributed by atoms with Crippen molar-refractivity contribution in [2.24, 2.45) is 0 Å². The van der Waals surface area contributed by atoms with Crippen LogP contribution in [0.5, 0.6) is 0 Å². The van der Waals surface area contributed by atoms with E-state index < -0.39 is 0 Å². The normalized spacial score (nSPS) is 11.8. The van der Waals surface area contributed by atoms with Crippen LogP contribution in [0.2, 0.25) is 0 Å². The summed E-state index contributed by atoms with van der Waals surface area (Å²) in [5.74, 6) is 0. The van der Waals surface area contributed by atoms with Crippen molar-refractivity contribution in [3.8, 4) is 40.3 Å². The number of aromatic nitrogens is 3. The summed E-state index contributed by atoms with van der Waals surface area (Å²) < 4.78 is 6.90. The van der Waals surface area contributed by atoms with Gasteiger partial charge in [-0.05, 0) is 75.6 Å². The third-order valence-electron chi connectivity index (χ3n) is 13.1. The van der Waals surface area contributed by atoms with Crippen LogP contribution in [0.4, 0.5) is 0 Å². The third-order valence-corrected chi connectivity index (χ3v) is 13.1. The molecule has 10 aromatic carbocycles. The summed E-state index contributed by atoms with van der Waals surface area (Å²) in [5.41, 5.74) is 10.2. The molecule has 13 aromatic rings. The number of nitriles is 2. The van der Waals surface area contributed by atoms with E-state index >= 15 is 0 Å². The first-order valence-corrected chi connectivity index (χ1v) is 21.1. The Morgan fingerprint density at radius 2 is 0.635 bits per heavy atom. The van der Waals surface area contributed by atoms with Crippen molar-refractivity contribution in [2.45, 2.75) is 0 Å². The maximum absolute atomic E-state index is 12.0. The van der Waals surface area contributed by atoms with Gasteiger partial charge in [-0.15, -0.1) is 0 Å². The molecule has 0 saturated heterocycles. The van der Waals surface area contributed by atoms with E-state index in [0.29, 0.717) is 28.1 Å². The molecule has 0 N–H and O–H groups in total. The van der Waals surface area contributed by atoms with E-state index in [4.69, 9.17) is 0 Å². The Balaban J connectivity index is 1.37. The summed E-state index contributed by atoms with van der Waals surface area (Å²) in [4.78, 5) is 0. The van der Waals surface area contributed by atoms with E-state index in [1.54, 1.807) is 0 Å². The fourth-order valence-corrected chi connectivity index (χ4v) is 10.4. The largest absolute Gasteiger partial charge is 0.306 e. The molecule has 0 aliphatic carbocycles. The predicted molar refractivity (Wildman–Crippen MR) is 259 cm³/mol. The molecule has 0 aliphatic rings. The molecule has 0 fully saturated rings. The van der Waals surface area contributed by atoms with Gasteiger partial charge in [0, 0.05) is 37.9 Å². The third kappa shape index (κ3) is 4.85. The number of fused-ring (bicyclic) bond motifs is 11. The topological polar surface area (TPSA) is 62.4 Å². The Hall–Kier alpha value is -8.90. The Morgan fingerprint density at radius 3 is 1.08 bits per heavy atom. The lowest BCUT2D eigenvalue weighted by Crippen LogP contribution is -2.15. The molecule has 5 nitrogen and oxygen atoms in total. The van der Waals surface area contributed by atoms with Crippen LogP contribution < -0.4 is 0 Å². The predicted octanol–water partition coefficient (Wildman–Crippen LogP) is 14.7. The summed E-state index contributed by atoms with van der Waals surface area (Å²) in [6.07, 6.45) is 0. The molecular formula is C58H33N5. The Bertz CT molecular complexity index is 3920. The molecule has 0 radical (unpaired) electrons. The zero-order chi connectivity index (χ0) is 41.8. The van der Waals surface area contributed by atoms with Gasteiger partial charge in [-0.2, -0.15) is 10.5 Å². The van der Waals surface area contributed by atoms with Crippen LogP contribution in [0.1, 0.15) is 11.1 Å². The smallest absolute Gasteiger partial charge is 0.102 e. The number of benzene rings is 10. The van der Waals surface area contributed by atoms with E-state index in [9.17, 15) is 10.5 Å². The molecule has 0 saturated carbocycles. The van der Waals surface area contributed by atoms with Crippen molar-refractivity contribution in [3.05, 3.63) is 211 Å². The molecule has 290 valence electrons. The minimum atomic E-state index is 0.416. The van der Waals surface area contributed by atoms with Gasteiger partial charge in [0.25, 0.3) is 0 Å². The van der Waals surface area contributed by atoms with Crippen molar-refractivity contribution in [2.75, 3.05) is 0 Å². The van der Waals surface area contributed by atoms with Gasteiger partial charge in [0.15, 0.2) is 0 Å². The lowest BCUT2D eigenvalue weighted by molar-refractivity contribution is 1.04. The van der Waals surface area contributed by atoms with Crippen molar-refractivity contribution >= 4 is 87.0 Å². The number of nitrogens with zero attached hydrogens (tertiary/aromatic N) is 5. The number of hydrogen-bond acceptors (Lipinski definition) is 2. The second kappa shape index (κ2) is 13.3. The molecular weight excluding hydrogens is 767 g/mol. The van der Waals surface area contributed by atoms with Crippen molar-refractivity contribution < 1.29 is 0 Å². The van der Waals surface area contributed by atoms with Crippen molar-refractivity contribution in [3.63, 3.8) is 0 Å². The lowest BCUT2D eigenvalue weighted by Gasteiger charge is -2.26. The van der Waals surface area contributed by atoms with E-state index in [1.165, 1.54) is 0 Å². The van der Waals surface area contributed by atoms with Crippen LogP contribution in [0.25, 0.3) is 115 Å². The van der Waals surface area contributed by atoms with E-state index in [1.807, 2.05) is 12.1 Å². The highest BCUT2D eigenvalue weighted by Gasteiger charge is 2.33. The first-order chi connectivity index (χ1) is 31.2. The molecule has 13 rings (SSSR count). The fourth-order valence-electron chi connectivity index (χ4n) is 10.4. The van der Waals surface area contributed by atoms with E-state index in [0.717, 1.165) is 98.2 Å². The molecule has 5 heteroatoms. The Kier molecular flexibility index (Phi) is 7.37. The highest BCUT2D eigenvalue weighted by Crippen LogP contribution is 2.49. The molecule has 0 unspecified atom stereocenters. The molecule has 0 atom stereocenters. The van der Waals surface area contributed by atoms with Gasteiger partial charge < -0.3 is 13.7 Å². The van der Waals surface area contributed by atoms with E-state index in [2.05, 4.69) is 214 Å². The van der Waals surface area contributed by atoms with Crippen LogP contribution in [-0.2, 0) is 0 Å². The second-order valence-electron chi connectivity index (χ2n) is 16.3. The average Bonchev–Trinajstić information content (AvgIpc) is 3.97. The molecule has 0 amide bonds. The van der Waals surface area contributed by atoms with Crippen LogP contribution in [0.15, 0.2) is 200 Å². The maximum atomic E-state index is 12.0. The molecule has 0 bridgehead atoms. The molecule has 3 heterocycles. The van der Waals surface area contributed by atoms with Crippen LogP contribution >= 0.6 is 0 Å². The molecule has 3 aromatic heterocycles. The molecule has 0 aliphatic heterocycles. The fraction of sp³-hybridized carbons (Fsp3) is 0. The molecule has 63 heavy (non-hydrogen) atoms. The Labute approximate surface area is 361 Å². The highest BCUT2D eigenvalue weighted by atomic mass is 15.1. The van der Waals surface area contributed by atoms with Crippen LogP contribution in [0.3, 0.4) is 0 Å². The van der Waals surface area contributed by atoms with Crippen molar-refractivity contribution in [1.82, 2.24) is 13.7 Å². The van der Waals surface area contributed by atoms with Gasteiger partial charge in [0.1, 0.15) is 12.1 Å². The number of hydrogen-bond donors (Lipinski definition) is 0. The standard InChI is InChI=1S/C58H33N5/c59-34-47-55(40-30-29-36-15-1-2-16-37(36)31-40)48(35-60)57(62-51-26-12-7-21-43(51)44-22-8-13-27-52(44)62)58(56(47)61-49-24-10-5-19-41(49)42-20-6-11-25-50(42)61)63-53-28-14-9-23-45(53)46-32-38-17-3-4-18-39(38)33-54(46)63/h1-33H. The van der Waals surface area contributed by atoms with Gasteiger partial charge >= 0.3 is 0 Å². The van der Waals surface area contributed by atoms with Gasteiger partial charge in [0.2, 0.25) is 0 Å². The van der Waals surface area contributed by atoms with Gasteiger partial charge in [0.05, 0.1) is 61.3 Å². The van der Waals surface area contributed by atoms with E-state index in [-0.39, 0.29) is 0 Å². The zero-order valence-electron chi connectivity index (χ0n) is 33.8. The van der Waals surface area contributed by atoms with Crippen LogP contribution in [-0.4, -0.2) is 13.7 Å². The highest BCUT2D eigenvalue weighted by molar-refractivity contribution is 6.17. The minimum Gasteiger partial charge on any atom is -0.306 e. The minimum absolute atomic E-state index is 0.416. The molecule has 0 spiro atoms. The van der Waals surface area contributed by atoms with Crippen LogP contribution in [0, 0.1) is 22.7 Å². The lowest BCUT2D eigenvalue weighted by atomic mass is 9.89. The van der Waals surface area contributed by atoms with Gasteiger partial charge in [-0.3, -0.25) is 0 Å². The number of para-hydroxylation sites is 5. The summed E-state index contributed by atoms with van der Waals surface area (Å²) in [6, 6.07) is 75.5. The maximum Gasteiger partial charge on any atom is 0.102 e. The van der Waals surface area contributed by atoms with Gasteiger partial charge in [-0.25, -0.2) is 0 Å². The first kappa shape index (κ1) is 34.9. The van der Waals surface area contributed by atoms with Gasteiger partial charge in [-0.1, -0.05) is 152 Å². The second-order valence-corrected chi connectivity index (χ2v) is 16.3. The summed E-state index contributed by atoms with van der Waals surface area (Å²) in [5, 5.41) is 34.8. The summed E-state index contributed by atoms with van der Waals surface area (Å²) in [6.45, 7) is 0. The zero-order valence-corrected chi connectivity index (χ0v) is 33.8. The first-order valence-electron chi connectivity index (χ1n) is 21.1. The average molecular weight is 800 g/mol. The van der Waals surface area contributed by atoms with Crippen molar-refractivity contribution in [1.29, 1.82) is 10.5 Å². The summed E-state index contributed by atoms with van der Waals surface area (Å²) >= 11 is 0.